The standard InChI is InChI=1S/C19H22ClNO6S/c1-4-27-19(22)12-16(14-7-5-6-8-15(14)20)21-28(23,24)18-11-13(25-2)9-10-17(18)26-3/h5-11,16,21H,4,12H2,1-3H3/t16-/m1/s1. The molecule has 2 aromatic rings. The van der Waals surface area contributed by atoms with Crippen molar-refractivity contribution in [1.82, 2.24) is 4.72 Å². The number of hydrogen-bond acceptors (Lipinski definition) is 6. The van der Waals surface area contributed by atoms with Crippen LogP contribution in [-0.4, -0.2) is 35.2 Å². The molecular weight excluding hydrogens is 406 g/mol. The molecule has 0 radical (unpaired) electrons. The van der Waals surface area contributed by atoms with Gasteiger partial charge in [0.15, 0.2) is 0 Å². The Kier molecular flexibility index (Phi) is 7.68. The van der Waals surface area contributed by atoms with Crippen LogP contribution >= 0.6 is 11.6 Å². The highest BCUT2D eigenvalue weighted by Crippen LogP contribution is 2.31. The molecule has 0 aromatic heterocycles. The summed E-state index contributed by atoms with van der Waals surface area (Å²) < 4.78 is 43.9. The van der Waals surface area contributed by atoms with Gasteiger partial charge in [-0.15, -0.1) is 0 Å². The van der Waals surface area contributed by atoms with Crippen molar-refractivity contribution >= 4 is 27.6 Å². The lowest BCUT2D eigenvalue weighted by Gasteiger charge is -2.20. The molecule has 0 unspecified atom stereocenters. The van der Waals surface area contributed by atoms with E-state index in [9.17, 15) is 13.2 Å². The molecule has 0 fully saturated rings. The van der Waals surface area contributed by atoms with Crippen LogP contribution in [0, 0.1) is 0 Å². The number of sulfonamides is 1. The summed E-state index contributed by atoms with van der Waals surface area (Å²) in [6, 6.07) is 10.2. The van der Waals surface area contributed by atoms with Crippen LogP contribution in [0.5, 0.6) is 11.5 Å². The second kappa shape index (κ2) is 9.77. The largest absolute Gasteiger partial charge is 0.497 e. The zero-order valence-corrected chi connectivity index (χ0v) is 17.3. The lowest BCUT2D eigenvalue weighted by Crippen LogP contribution is -2.31. The van der Waals surface area contributed by atoms with Crippen LogP contribution < -0.4 is 14.2 Å². The molecule has 0 heterocycles. The molecule has 1 atom stereocenters. The highest BCUT2D eigenvalue weighted by Gasteiger charge is 2.28. The smallest absolute Gasteiger partial charge is 0.307 e. The van der Waals surface area contributed by atoms with Gasteiger partial charge in [0.2, 0.25) is 10.0 Å². The Hall–Kier alpha value is -2.29. The van der Waals surface area contributed by atoms with Gasteiger partial charge in [-0.2, -0.15) is 0 Å². The number of ether oxygens (including phenoxy) is 3. The summed E-state index contributed by atoms with van der Waals surface area (Å²) in [5, 5.41) is 0.331. The number of nitrogens with one attached hydrogen (secondary N) is 1. The van der Waals surface area contributed by atoms with Gasteiger partial charge >= 0.3 is 5.97 Å². The summed E-state index contributed by atoms with van der Waals surface area (Å²) in [6.07, 6.45) is -0.219. The van der Waals surface area contributed by atoms with Crippen LogP contribution in [0.1, 0.15) is 24.9 Å². The maximum absolute atomic E-state index is 13.1. The number of methoxy groups -OCH3 is 2. The first-order valence-corrected chi connectivity index (χ1v) is 10.3. The van der Waals surface area contributed by atoms with E-state index in [2.05, 4.69) is 4.72 Å². The van der Waals surface area contributed by atoms with E-state index < -0.39 is 22.0 Å². The second-order valence-corrected chi connectivity index (χ2v) is 7.81. The van der Waals surface area contributed by atoms with Crippen LogP contribution in [-0.2, 0) is 19.6 Å². The fourth-order valence-corrected chi connectivity index (χ4v) is 4.27. The molecule has 9 heteroatoms. The van der Waals surface area contributed by atoms with Crippen LogP contribution in [0.25, 0.3) is 0 Å². The highest BCUT2D eigenvalue weighted by atomic mass is 35.5. The van der Waals surface area contributed by atoms with E-state index in [4.69, 9.17) is 25.8 Å². The highest BCUT2D eigenvalue weighted by molar-refractivity contribution is 7.89. The Balaban J connectivity index is 2.45. The average Bonchev–Trinajstić information content (AvgIpc) is 2.67. The van der Waals surface area contributed by atoms with Crippen molar-refractivity contribution in [3.05, 3.63) is 53.1 Å². The van der Waals surface area contributed by atoms with Crippen molar-refractivity contribution in [3.63, 3.8) is 0 Å². The molecule has 0 saturated heterocycles. The van der Waals surface area contributed by atoms with Crippen molar-refractivity contribution in [2.45, 2.75) is 24.3 Å². The van der Waals surface area contributed by atoms with E-state index in [1.54, 1.807) is 37.3 Å². The summed E-state index contributed by atoms with van der Waals surface area (Å²) in [6.45, 7) is 1.86. The second-order valence-electron chi connectivity index (χ2n) is 5.72. The predicted molar refractivity (Wildman–Crippen MR) is 105 cm³/mol. The predicted octanol–water partition coefficient (Wildman–Crippen LogP) is 3.33. The number of carbonyl (C=O) groups excluding carboxylic acids is 1. The first-order chi connectivity index (χ1) is 13.3. The molecule has 152 valence electrons. The third-order valence-corrected chi connectivity index (χ3v) is 5.75. The van der Waals surface area contributed by atoms with Gasteiger partial charge in [-0.3, -0.25) is 4.79 Å². The van der Waals surface area contributed by atoms with Crippen molar-refractivity contribution in [2.24, 2.45) is 0 Å². The van der Waals surface area contributed by atoms with Gasteiger partial charge < -0.3 is 14.2 Å². The maximum Gasteiger partial charge on any atom is 0.307 e. The van der Waals surface area contributed by atoms with E-state index in [1.165, 1.54) is 26.4 Å². The normalized spacial score (nSPS) is 12.3. The Morgan fingerprint density at radius 1 is 1.14 bits per heavy atom. The van der Waals surface area contributed by atoms with Gasteiger partial charge in [0.05, 0.1) is 33.3 Å². The molecule has 0 saturated carbocycles. The number of benzene rings is 2. The molecule has 0 aliphatic carbocycles. The van der Waals surface area contributed by atoms with Gasteiger partial charge in [0.1, 0.15) is 16.4 Å². The first kappa shape index (κ1) is 22.0. The molecule has 0 spiro atoms. The minimum Gasteiger partial charge on any atom is -0.497 e. The summed E-state index contributed by atoms with van der Waals surface area (Å²) in [4.78, 5) is 11.9. The number of hydrogen-bond donors (Lipinski definition) is 1. The zero-order valence-electron chi connectivity index (χ0n) is 15.8. The summed E-state index contributed by atoms with van der Waals surface area (Å²) in [5.41, 5.74) is 0.461. The zero-order chi connectivity index (χ0) is 20.7. The minimum atomic E-state index is -4.08. The Morgan fingerprint density at radius 3 is 2.46 bits per heavy atom. The number of halogens is 1. The molecule has 0 bridgehead atoms. The number of carbonyl (C=O) groups is 1. The van der Waals surface area contributed by atoms with Crippen LogP contribution in [0.15, 0.2) is 47.4 Å². The third-order valence-electron chi connectivity index (χ3n) is 3.91. The van der Waals surface area contributed by atoms with E-state index >= 15 is 0 Å². The molecule has 2 aromatic carbocycles. The lowest BCUT2D eigenvalue weighted by molar-refractivity contribution is -0.143. The van der Waals surface area contributed by atoms with Crippen molar-refractivity contribution < 1.29 is 27.4 Å². The van der Waals surface area contributed by atoms with Crippen molar-refractivity contribution in [3.8, 4) is 11.5 Å². The van der Waals surface area contributed by atoms with Gasteiger partial charge in [-0.05, 0) is 30.7 Å². The summed E-state index contributed by atoms with van der Waals surface area (Å²) >= 11 is 6.23. The molecule has 1 N–H and O–H groups in total. The maximum atomic E-state index is 13.1. The fraction of sp³-hybridized carbons (Fsp3) is 0.316. The number of esters is 1. The molecule has 7 nitrogen and oxygen atoms in total. The van der Waals surface area contributed by atoms with Crippen molar-refractivity contribution in [2.75, 3.05) is 20.8 Å². The van der Waals surface area contributed by atoms with Gasteiger partial charge in [0, 0.05) is 11.1 Å². The Labute approximate surface area is 169 Å². The van der Waals surface area contributed by atoms with E-state index in [1.807, 2.05) is 0 Å². The van der Waals surface area contributed by atoms with Crippen LogP contribution in [0.3, 0.4) is 0 Å². The van der Waals surface area contributed by atoms with Crippen LogP contribution in [0.2, 0.25) is 5.02 Å². The quantitative estimate of drug-likeness (QED) is 0.617. The van der Waals surface area contributed by atoms with Gasteiger partial charge in [-0.25, -0.2) is 13.1 Å². The third kappa shape index (κ3) is 5.37. The van der Waals surface area contributed by atoms with Gasteiger partial charge in [0.25, 0.3) is 0 Å². The summed E-state index contributed by atoms with van der Waals surface area (Å²) in [5.74, 6) is -0.0593. The molecule has 0 aliphatic heterocycles. The summed E-state index contributed by atoms with van der Waals surface area (Å²) in [7, 11) is -1.29. The molecular formula is C19H22ClNO6S. The van der Waals surface area contributed by atoms with E-state index in [-0.39, 0.29) is 23.7 Å². The minimum absolute atomic E-state index is 0.115. The molecule has 0 aliphatic rings. The molecule has 28 heavy (non-hydrogen) atoms. The lowest BCUT2D eigenvalue weighted by atomic mass is 10.1. The van der Waals surface area contributed by atoms with Crippen LogP contribution in [0.4, 0.5) is 0 Å². The van der Waals surface area contributed by atoms with E-state index in [0.29, 0.717) is 16.3 Å². The monoisotopic (exact) mass is 427 g/mol. The fourth-order valence-electron chi connectivity index (χ4n) is 2.60. The van der Waals surface area contributed by atoms with Gasteiger partial charge in [-0.1, -0.05) is 29.8 Å². The topological polar surface area (TPSA) is 90.9 Å². The van der Waals surface area contributed by atoms with E-state index in [0.717, 1.165) is 0 Å². The van der Waals surface area contributed by atoms with Crippen molar-refractivity contribution in [1.29, 1.82) is 0 Å². The number of rotatable bonds is 9. The SMILES string of the molecule is CCOC(=O)C[C@@H](NS(=O)(=O)c1cc(OC)ccc1OC)c1ccccc1Cl. The Bertz CT molecular complexity index is 932. The molecule has 0 amide bonds. The average molecular weight is 428 g/mol. The molecule has 2 rings (SSSR count). The Morgan fingerprint density at radius 2 is 1.86 bits per heavy atom. The first-order valence-electron chi connectivity index (χ1n) is 8.46.